The minimum Gasteiger partial charge on any atom is -0.480 e. The van der Waals surface area contributed by atoms with Crippen LogP contribution in [-0.4, -0.2) is 53.1 Å². The molecule has 1 rings (SSSR count). The number of likely N-dealkylation sites (tertiary alicyclic amines) is 1. The van der Waals surface area contributed by atoms with E-state index in [0.29, 0.717) is 25.9 Å². The van der Waals surface area contributed by atoms with Crippen LogP contribution in [0.4, 0.5) is 4.79 Å². The fraction of sp³-hybridized carbons (Fsp3) is 0.786. The number of amides is 3. The van der Waals surface area contributed by atoms with Gasteiger partial charge in [-0.15, -0.1) is 0 Å². The van der Waals surface area contributed by atoms with Crippen LogP contribution < -0.4 is 10.6 Å². The minimum atomic E-state index is -1.04. The normalized spacial score (nSPS) is 18.0. The van der Waals surface area contributed by atoms with Gasteiger partial charge in [0.05, 0.1) is 0 Å². The van der Waals surface area contributed by atoms with Crippen LogP contribution in [0.1, 0.15) is 40.5 Å². The average molecular weight is 299 g/mol. The number of carboxylic acids is 1. The first-order chi connectivity index (χ1) is 9.61. The maximum Gasteiger partial charge on any atom is 0.326 e. The predicted molar refractivity (Wildman–Crippen MR) is 77.8 cm³/mol. The Morgan fingerprint density at radius 2 is 1.71 bits per heavy atom. The lowest BCUT2D eigenvalue weighted by Crippen LogP contribution is -2.55. The van der Waals surface area contributed by atoms with Crippen LogP contribution in [0.5, 0.6) is 0 Å². The third-order valence-corrected chi connectivity index (χ3v) is 3.57. The van der Waals surface area contributed by atoms with Gasteiger partial charge in [-0.05, 0) is 18.3 Å². The maximum absolute atomic E-state index is 12.2. The third kappa shape index (κ3) is 5.24. The smallest absolute Gasteiger partial charge is 0.326 e. The van der Waals surface area contributed by atoms with Gasteiger partial charge in [0.2, 0.25) is 5.91 Å². The van der Waals surface area contributed by atoms with E-state index >= 15 is 0 Å². The molecule has 0 aliphatic carbocycles. The van der Waals surface area contributed by atoms with Gasteiger partial charge < -0.3 is 20.6 Å². The highest BCUT2D eigenvalue weighted by molar-refractivity contribution is 5.83. The Labute approximate surface area is 125 Å². The minimum absolute atomic E-state index is 0.0726. The lowest BCUT2D eigenvalue weighted by Gasteiger charge is -2.35. The lowest BCUT2D eigenvalue weighted by atomic mass is 9.87. The molecule has 0 radical (unpaired) electrons. The fourth-order valence-corrected chi connectivity index (χ4v) is 2.38. The SMILES string of the molecule is CC(=O)NC1CCN(C(=O)N[C@H](C(=O)O)C(C)(C)C)CC1. The summed E-state index contributed by atoms with van der Waals surface area (Å²) in [5, 5.41) is 14.6. The topological polar surface area (TPSA) is 98.7 Å². The maximum atomic E-state index is 12.2. The Balaban J connectivity index is 2.54. The monoisotopic (exact) mass is 299 g/mol. The first kappa shape index (κ1) is 17.3. The molecular formula is C14H25N3O4. The lowest BCUT2D eigenvalue weighted by molar-refractivity contribution is -0.142. The summed E-state index contributed by atoms with van der Waals surface area (Å²) < 4.78 is 0. The standard InChI is InChI=1S/C14H25N3O4/c1-9(18)15-10-5-7-17(8-6-10)13(21)16-11(12(19)20)14(2,3)4/h10-11H,5-8H2,1-4H3,(H,15,18)(H,16,21)(H,19,20)/t11-/m1/s1. The summed E-state index contributed by atoms with van der Waals surface area (Å²) in [7, 11) is 0. The Hall–Kier alpha value is -1.79. The molecule has 1 atom stereocenters. The van der Waals surface area contributed by atoms with E-state index in [1.54, 1.807) is 25.7 Å². The van der Waals surface area contributed by atoms with Crippen molar-refractivity contribution in [1.82, 2.24) is 15.5 Å². The van der Waals surface area contributed by atoms with Gasteiger partial charge in [-0.3, -0.25) is 4.79 Å². The molecule has 1 aliphatic rings. The van der Waals surface area contributed by atoms with E-state index in [4.69, 9.17) is 0 Å². The Bertz CT molecular complexity index is 409. The molecule has 1 saturated heterocycles. The van der Waals surface area contributed by atoms with Crippen LogP contribution in [0.2, 0.25) is 0 Å². The quantitative estimate of drug-likeness (QED) is 0.717. The molecule has 0 spiro atoms. The molecule has 120 valence electrons. The first-order valence-electron chi connectivity index (χ1n) is 7.16. The zero-order valence-electron chi connectivity index (χ0n) is 13.1. The third-order valence-electron chi connectivity index (χ3n) is 3.57. The average Bonchev–Trinajstić information content (AvgIpc) is 2.34. The van der Waals surface area contributed by atoms with Crippen molar-refractivity contribution in [3.05, 3.63) is 0 Å². The van der Waals surface area contributed by atoms with E-state index in [-0.39, 0.29) is 18.0 Å². The van der Waals surface area contributed by atoms with Crippen molar-refractivity contribution in [3.63, 3.8) is 0 Å². The Morgan fingerprint density at radius 1 is 1.19 bits per heavy atom. The second kappa shape index (κ2) is 6.78. The van der Waals surface area contributed by atoms with Crippen LogP contribution in [0.25, 0.3) is 0 Å². The number of piperidine rings is 1. The molecule has 0 saturated carbocycles. The van der Waals surface area contributed by atoms with Crippen molar-refractivity contribution < 1.29 is 19.5 Å². The van der Waals surface area contributed by atoms with Crippen LogP contribution in [-0.2, 0) is 9.59 Å². The molecule has 7 heteroatoms. The van der Waals surface area contributed by atoms with E-state index in [1.807, 2.05) is 0 Å². The summed E-state index contributed by atoms with van der Waals surface area (Å²) in [6.07, 6.45) is 1.36. The predicted octanol–water partition coefficient (Wildman–Crippen LogP) is 0.796. The van der Waals surface area contributed by atoms with E-state index in [1.165, 1.54) is 6.92 Å². The molecule has 0 bridgehead atoms. The number of carbonyl (C=O) groups excluding carboxylic acids is 2. The highest BCUT2D eigenvalue weighted by atomic mass is 16.4. The van der Waals surface area contributed by atoms with Crippen molar-refractivity contribution >= 4 is 17.9 Å². The summed E-state index contributed by atoms with van der Waals surface area (Å²) in [5.41, 5.74) is -0.560. The molecule has 1 heterocycles. The highest BCUT2D eigenvalue weighted by Gasteiger charge is 2.34. The number of carbonyl (C=O) groups is 3. The number of aliphatic carboxylic acids is 1. The molecule has 3 N–H and O–H groups in total. The number of hydrogen-bond acceptors (Lipinski definition) is 3. The van der Waals surface area contributed by atoms with Gasteiger partial charge >= 0.3 is 12.0 Å². The molecular weight excluding hydrogens is 274 g/mol. The van der Waals surface area contributed by atoms with Crippen molar-refractivity contribution in [1.29, 1.82) is 0 Å². The van der Waals surface area contributed by atoms with Crippen LogP contribution >= 0.6 is 0 Å². The summed E-state index contributed by atoms with van der Waals surface area (Å²) in [6.45, 7) is 7.81. The van der Waals surface area contributed by atoms with E-state index < -0.39 is 17.4 Å². The van der Waals surface area contributed by atoms with Crippen LogP contribution in [0.15, 0.2) is 0 Å². The number of rotatable bonds is 3. The molecule has 7 nitrogen and oxygen atoms in total. The van der Waals surface area contributed by atoms with E-state index in [2.05, 4.69) is 10.6 Å². The summed E-state index contributed by atoms with van der Waals surface area (Å²) >= 11 is 0. The van der Waals surface area contributed by atoms with E-state index in [9.17, 15) is 19.5 Å². The van der Waals surface area contributed by atoms with Crippen LogP contribution in [0.3, 0.4) is 0 Å². The zero-order chi connectivity index (χ0) is 16.2. The van der Waals surface area contributed by atoms with E-state index in [0.717, 1.165) is 0 Å². The van der Waals surface area contributed by atoms with Gasteiger partial charge in [-0.25, -0.2) is 9.59 Å². The van der Waals surface area contributed by atoms with Crippen molar-refractivity contribution in [2.45, 2.75) is 52.6 Å². The van der Waals surface area contributed by atoms with Gasteiger partial charge in [-0.2, -0.15) is 0 Å². The zero-order valence-corrected chi connectivity index (χ0v) is 13.1. The molecule has 21 heavy (non-hydrogen) atoms. The fourth-order valence-electron chi connectivity index (χ4n) is 2.38. The molecule has 0 aromatic rings. The van der Waals surface area contributed by atoms with Crippen molar-refractivity contribution in [2.75, 3.05) is 13.1 Å². The number of urea groups is 1. The van der Waals surface area contributed by atoms with Gasteiger partial charge in [0, 0.05) is 26.1 Å². The molecule has 1 aliphatic heterocycles. The molecule has 0 aromatic carbocycles. The second-order valence-electron chi connectivity index (χ2n) is 6.55. The first-order valence-corrected chi connectivity index (χ1v) is 7.16. The van der Waals surface area contributed by atoms with Gasteiger partial charge in [-0.1, -0.05) is 20.8 Å². The van der Waals surface area contributed by atoms with Crippen LogP contribution in [0, 0.1) is 5.41 Å². The Morgan fingerprint density at radius 3 is 2.10 bits per heavy atom. The van der Waals surface area contributed by atoms with Gasteiger partial charge in [0.15, 0.2) is 0 Å². The van der Waals surface area contributed by atoms with Gasteiger partial charge in [0.1, 0.15) is 6.04 Å². The number of hydrogen-bond donors (Lipinski definition) is 3. The van der Waals surface area contributed by atoms with Crippen molar-refractivity contribution in [3.8, 4) is 0 Å². The molecule has 0 unspecified atom stereocenters. The highest BCUT2D eigenvalue weighted by Crippen LogP contribution is 2.20. The summed E-state index contributed by atoms with van der Waals surface area (Å²) in [6, 6.07) is -1.21. The summed E-state index contributed by atoms with van der Waals surface area (Å²) in [4.78, 5) is 36.0. The number of nitrogens with zero attached hydrogens (tertiary/aromatic N) is 1. The largest absolute Gasteiger partial charge is 0.480 e. The van der Waals surface area contributed by atoms with Crippen molar-refractivity contribution in [2.24, 2.45) is 5.41 Å². The molecule has 1 fully saturated rings. The Kier molecular flexibility index (Phi) is 5.57. The summed E-state index contributed by atoms with van der Waals surface area (Å²) in [5.74, 6) is -1.11. The molecule has 0 aromatic heterocycles. The molecule has 3 amide bonds. The number of carboxylic acid groups (broad SMARTS) is 1. The number of nitrogens with one attached hydrogen (secondary N) is 2. The van der Waals surface area contributed by atoms with Gasteiger partial charge in [0.25, 0.3) is 0 Å². The second-order valence-corrected chi connectivity index (χ2v) is 6.55.